The van der Waals surface area contributed by atoms with Crippen molar-refractivity contribution in [2.45, 2.75) is 32.2 Å². The van der Waals surface area contributed by atoms with Crippen LogP contribution >= 0.6 is 0 Å². The van der Waals surface area contributed by atoms with E-state index >= 15 is 0 Å². The zero-order chi connectivity index (χ0) is 17.4. The van der Waals surface area contributed by atoms with Crippen LogP contribution in [0.25, 0.3) is 10.9 Å². The lowest BCUT2D eigenvalue weighted by atomic mass is 10.0. The first-order valence-corrected chi connectivity index (χ1v) is 8.58. The number of nitrogens with one attached hydrogen (secondary N) is 1. The minimum absolute atomic E-state index is 0.131. The van der Waals surface area contributed by atoms with Crippen LogP contribution in [-0.2, 0) is 6.54 Å². The molecule has 0 saturated heterocycles. The molecule has 4 heteroatoms. The summed E-state index contributed by atoms with van der Waals surface area (Å²) in [4.78, 5) is 17.2. The molecule has 1 aliphatic carbocycles. The van der Waals surface area contributed by atoms with Crippen molar-refractivity contribution in [2.24, 2.45) is 0 Å². The van der Waals surface area contributed by atoms with Crippen molar-refractivity contribution in [2.75, 3.05) is 0 Å². The molecule has 3 aromatic rings. The van der Waals surface area contributed by atoms with E-state index in [1.165, 1.54) is 24.0 Å². The first-order valence-electron chi connectivity index (χ1n) is 8.58. The first-order chi connectivity index (χ1) is 12.1. The van der Waals surface area contributed by atoms with Crippen molar-refractivity contribution in [3.8, 4) is 5.75 Å². The molecule has 1 saturated carbocycles. The van der Waals surface area contributed by atoms with E-state index in [0.717, 1.165) is 5.69 Å². The Morgan fingerprint density at radius 3 is 2.80 bits per heavy atom. The summed E-state index contributed by atoms with van der Waals surface area (Å²) in [6, 6.07) is 15.0. The molecule has 0 atom stereocenters. The average molecular weight is 332 g/mol. The number of aromatic hydroxyl groups is 1. The Morgan fingerprint density at radius 1 is 1.20 bits per heavy atom. The van der Waals surface area contributed by atoms with Gasteiger partial charge in [-0.05, 0) is 61.1 Å². The standard InChI is InChI=1S/C21H20N2O2/c1-13-10-19(18-11-16(24)8-9-20(18)23-13)21(25)22-12-15-4-2-3-5-17(15)14-6-7-14/h2-5,8-11,14,24H,6-7,12H2,1H3,(H,22,25). The number of hydrogen-bond donors (Lipinski definition) is 2. The van der Waals surface area contributed by atoms with Crippen LogP contribution in [0, 0.1) is 6.92 Å². The van der Waals surface area contributed by atoms with Crippen molar-refractivity contribution in [1.29, 1.82) is 0 Å². The van der Waals surface area contributed by atoms with Crippen LogP contribution in [0.2, 0.25) is 0 Å². The fraction of sp³-hybridized carbons (Fsp3) is 0.238. The molecule has 0 spiro atoms. The number of carbonyl (C=O) groups excluding carboxylic acids is 1. The summed E-state index contributed by atoms with van der Waals surface area (Å²) < 4.78 is 0. The monoisotopic (exact) mass is 332 g/mol. The summed E-state index contributed by atoms with van der Waals surface area (Å²) in [6.07, 6.45) is 2.47. The van der Waals surface area contributed by atoms with Gasteiger partial charge in [-0.1, -0.05) is 24.3 Å². The molecule has 126 valence electrons. The molecular formula is C21H20N2O2. The third-order valence-electron chi connectivity index (χ3n) is 4.68. The maximum Gasteiger partial charge on any atom is 0.252 e. The van der Waals surface area contributed by atoms with E-state index in [4.69, 9.17) is 0 Å². The molecule has 0 aliphatic heterocycles. The van der Waals surface area contributed by atoms with Crippen LogP contribution in [0.5, 0.6) is 5.75 Å². The second-order valence-electron chi connectivity index (χ2n) is 6.67. The Bertz CT molecular complexity index is 961. The Labute approximate surface area is 146 Å². The number of hydrogen-bond acceptors (Lipinski definition) is 3. The molecule has 2 N–H and O–H groups in total. The smallest absolute Gasteiger partial charge is 0.252 e. The van der Waals surface area contributed by atoms with Crippen LogP contribution < -0.4 is 5.32 Å². The highest BCUT2D eigenvalue weighted by Gasteiger charge is 2.25. The summed E-state index contributed by atoms with van der Waals surface area (Å²) in [5.41, 5.74) is 4.55. The van der Waals surface area contributed by atoms with Gasteiger partial charge in [0.2, 0.25) is 0 Å². The molecular weight excluding hydrogens is 312 g/mol. The van der Waals surface area contributed by atoms with Gasteiger partial charge in [0.1, 0.15) is 5.75 Å². The molecule has 0 unspecified atom stereocenters. The SMILES string of the molecule is Cc1cc(C(=O)NCc2ccccc2C2CC2)c2cc(O)ccc2n1. The average Bonchev–Trinajstić information content (AvgIpc) is 3.44. The van der Waals surface area contributed by atoms with E-state index in [2.05, 4.69) is 28.5 Å². The van der Waals surface area contributed by atoms with Crippen molar-refractivity contribution in [3.63, 3.8) is 0 Å². The largest absolute Gasteiger partial charge is 0.508 e. The molecule has 25 heavy (non-hydrogen) atoms. The minimum atomic E-state index is -0.147. The molecule has 1 aromatic heterocycles. The fourth-order valence-corrected chi connectivity index (χ4v) is 3.29. The van der Waals surface area contributed by atoms with Crippen molar-refractivity contribution in [3.05, 3.63) is 70.9 Å². The number of nitrogens with zero attached hydrogens (tertiary/aromatic N) is 1. The van der Waals surface area contributed by atoms with E-state index in [1.54, 1.807) is 24.3 Å². The fourth-order valence-electron chi connectivity index (χ4n) is 3.29. The maximum atomic E-state index is 12.8. The van der Waals surface area contributed by atoms with Gasteiger partial charge in [-0.2, -0.15) is 0 Å². The molecule has 2 aromatic carbocycles. The summed E-state index contributed by atoms with van der Waals surface area (Å²) in [5, 5.41) is 13.5. The number of amides is 1. The number of aryl methyl sites for hydroxylation is 1. The highest BCUT2D eigenvalue weighted by molar-refractivity contribution is 6.06. The van der Waals surface area contributed by atoms with Crippen LogP contribution in [0.3, 0.4) is 0 Å². The van der Waals surface area contributed by atoms with E-state index in [-0.39, 0.29) is 11.7 Å². The molecule has 4 nitrogen and oxygen atoms in total. The Hall–Kier alpha value is -2.88. The molecule has 4 rings (SSSR count). The minimum Gasteiger partial charge on any atom is -0.508 e. The van der Waals surface area contributed by atoms with Crippen LogP contribution in [-0.4, -0.2) is 16.0 Å². The quantitative estimate of drug-likeness (QED) is 0.757. The van der Waals surface area contributed by atoms with Crippen LogP contribution in [0.1, 0.15) is 45.9 Å². The van der Waals surface area contributed by atoms with Gasteiger partial charge in [0, 0.05) is 17.6 Å². The zero-order valence-corrected chi connectivity index (χ0v) is 14.1. The van der Waals surface area contributed by atoms with Gasteiger partial charge in [-0.3, -0.25) is 9.78 Å². The van der Waals surface area contributed by atoms with Gasteiger partial charge in [0.25, 0.3) is 5.91 Å². The zero-order valence-electron chi connectivity index (χ0n) is 14.1. The first kappa shape index (κ1) is 15.6. The topological polar surface area (TPSA) is 62.2 Å². The van der Waals surface area contributed by atoms with Crippen molar-refractivity contribution < 1.29 is 9.90 Å². The summed E-state index contributed by atoms with van der Waals surface area (Å²) in [6.45, 7) is 2.37. The number of pyridine rings is 1. The van der Waals surface area contributed by atoms with E-state index in [1.807, 2.05) is 13.0 Å². The molecule has 0 bridgehead atoms. The molecule has 1 aliphatic rings. The predicted molar refractivity (Wildman–Crippen MR) is 97.7 cm³/mol. The second kappa shape index (κ2) is 6.20. The lowest BCUT2D eigenvalue weighted by molar-refractivity contribution is 0.0952. The third-order valence-corrected chi connectivity index (χ3v) is 4.68. The Morgan fingerprint density at radius 2 is 2.00 bits per heavy atom. The van der Waals surface area contributed by atoms with E-state index in [0.29, 0.717) is 28.9 Å². The van der Waals surface area contributed by atoms with Gasteiger partial charge in [-0.25, -0.2) is 0 Å². The van der Waals surface area contributed by atoms with Gasteiger partial charge < -0.3 is 10.4 Å². The maximum absolute atomic E-state index is 12.8. The summed E-state index contributed by atoms with van der Waals surface area (Å²) in [7, 11) is 0. The molecule has 1 heterocycles. The van der Waals surface area contributed by atoms with E-state index in [9.17, 15) is 9.90 Å². The van der Waals surface area contributed by atoms with Crippen LogP contribution in [0.4, 0.5) is 0 Å². The molecule has 1 fully saturated rings. The van der Waals surface area contributed by atoms with E-state index < -0.39 is 0 Å². The highest BCUT2D eigenvalue weighted by atomic mass is 16.3. The highest BCUT2D eigenvalue weighted by Crippen LogP contribution is 2.41. The molecule has 1 amide bonds. The van der Waals surface area contributed by atoms with Gasteiger partial charge >= 0.3 is 0 Å². The predicted octanol–water partition coefficient (Wildman–Crippen LogP) is 4.06. The summed E-state index contributed by atoms with van der Waals surface area (Å²) >= 11 is 0. The van der Waals surface area contributed by atoms with Crippen molar-refractivity contribution in [1.82, 2.24) is 10.3 Å². The lowest BCUT2D eigenvalue weighted by Crippen LogP contribution is -2.24. The lowest BCUT2D eigenvalue weighted by Gasteiger charge is -2.12. The van der Waals surface area contributed by atoms with Gasteiger partial charge in [0.15, 0.2) is 0 Å². The van der Waals surface area contributed by atoms with Crippen LogP contribution in [0.15, 0.2) is 48.5 Å². The van der Waals surface area contributed by atoms with Gasteiger partial charge in [0.05, 0.1) is 11.1 Å². The van der Waals surface area contributed by atoms with Gasteiger partial charge in [-0.15, -0.1) is 0 Å². The number of fused-ring (bicyclic) bond motifs is 1. The number of rotatable bonds is 4. The number of benzene rings is 2. The number of phenolic OH excluding ortho intramolecular Hbond substituents is 1. The third kappa shape index (κ3) is 3.20. The normalized spacial score (nSPS) is 13.8. The second-order valence-corrected chi connectivity index (χ2v) is 6.67. The summed E-state index contributed by atoms with van der Waals surface area (Å²) in [5.74, 6) is 0.632. The van der Waals surface area contributed by atoms with Crippen molar-refractivity contribution >= 4 is 16.8 Å². The number of aromatic nitrogens is 1. The Kier molecular flexibility index (Phi) is 3.88. The number of phenols is 1. The number of carbonyl (C=O) groups is 1. The molecule has 0 radical (unpaired) electrons. The Balaban J connectivity index is 1.61.